The largest absolute Gasteiger partial charge is 0.367 e. The first-order valence-electron chi connectivity index (χ1n) is 7.57. The van der Waals surface area contributed by atoms with E-state index in [-0.39, 0.29) is 0 Å². The van der Waals surface area contributed by atoms with Crippen LogP contribution in [0.25, 0.3) is 10.9 Å². The Bertz CT molecular complexity index is 628. The number of nitrogens with zero attached hydrogens (tertiary/aromatic N) is 2. The number of para-hydroxylation sites is 1. The van der Waals surface area contributed by atoms with Crippen molar-refractivity contribution in [3.8, 4) is 0 Å². The summed E-state index contributed by atoms with van der Waals surface area (Å²) in [5.41, 5.74) is 3.92. The second-order valence-corrected chi connectivity index (χ2v) is 6.64. The Morgan fingerprint density at radius 1 is 1.14 bits per heavy atom. The maximum Gasteiger partial charge on any atom is 0.239 e. The lowest BCUT2D eigenvalue weighted by Crippen LogP contribution is -2.30. The van der Waals surface area contributed by atoms with Crippen molar-refractivity contribution in [1.82, 2.24) is 9.97 Å². The molecule has 1 aliphatic rings. The third kappa shape index (κ3) is 3.08. The van der Waals surface area contributed by atoms with Crippen molar-refractivity contribution in [2.24, 2.45) is 11.3 Å². The maximum atomic E-state index is 5.48. The first kappa shape index (κ1) is 14.1. The van der Waals surface area contributed by atoms with Crippen LogP contribution in [0.4, 0.5) is 11.8 Å². The first-order valence-corrected chi connectivity index (χ1v) is 7.57. The predicted molar refractivity (Wildman–Crippen MR) is 87.0 cm³/mol. The van der Waals surface area contributed by atoms with E-state index < -0.39 is 0 Å². The van der Waals surface area contributed by atoms with E-state index in [1.165, 1.54) is 25.7 Å². The van der Waals surface area contributed by atoms with Crippen molar-refractivity contribution in [2.75, 3.05) is 10.7 Å². The Balaban J connectivity index is 1.86. The zero-order valence-corrected chi connectivity index (χ0v) is 12.7. The van der Waals surface area contributed by atoms with Crippen LogP contribution in [0.3, 0.4) is 0 Å². The molecule has 0 spiro atoms. The molecular formula is C16H23N5. The Hall–Kier alpha value is -1.88. The van der Waals surface area contributed by atoms with Gasteiger partial charge in [-0.15, -0.1) is 0 Å². The molecule has 2 aromatic rings. The molecule has 0 saturated heterocycles. The summed E-state index contributed by atoms with van der Waals surface area (Å²) in [7, 11) is 0. The number of hydrogen-bond acceptors (Lipinski definition) is 5. The van der Waals surface area contributed by atoms with E-state index in [1.807, 2.05) is 24.3 Å². The molecule has 0 atom stereocenters. The second kappa shape index (κ2) is 5.48. The van der Waals surface area contributed by atoms with Gasteiger partial charge >= 0.3 is 0 Å². The van der Waals surface area contributed by atoms with Crippen LogP contribution in [0, 0.1) is 5.41 Å². The van der Waals surface area contributed by atoms with Crippen molar-refractivity contribution < 1.29 is 0 Å². The van der Waals surface area contributed by atoms with Crippen LogP contribution in [-0.4, -0.2) is 16.0 Å². The number of aromatic nitrogens is 2. The van der Waals surface area contributed by atoms with Crippen molar-refractivity contribution in [2.45, 2.75) is 45.6 Å². The first-order chi connectivity index (χ1) is 10.1. The van der Waals surface area contributed by atoms with Crippen LogP contribution in [0.1, 0.15) is 39.5 Å². The molecule has 0 unspecified atom stereocenters. The minimum atomic E-state index is 0.451. The molecule has 0 radical (unpaired) electrons. The zero-order valence-electron chi connectivity index (χ0n) is 12.7. The lowest BCUT2D eigenvalue weighted by molar-refractivity contribution is 0.232. The molecule has 5 heteroatoms. The van der Waals surface area contributed by atoms with Gasteiger partial charge in [0.2, 0.25) is 5.95 Å². The fourth-order valence-corrected chi connectivity index (χ4v) is 2.99. The maximum absolute atomic E-state index is 5.48. The molecule has 1 saturated carbocycles. The Labute approximate surface area is 125 Å². The third-order valence-corrected chi connectivity index (χ3v) is 4.41. The number of nitrogen functional groups attached to an aromatic ring is 1. The summed E-state index contributed by atoms with van der Waals surface area (Å²) in [6, 6.07) is 8.48. The topological polar surface area (TPSA) is 75.9 Å². The summed E-state index contributed by atoms with van der Waals surface area (Å²) in [6.45, 7) is 4.69. The number of benzene rings is 1. The van der Waals surface area contributed by atoms with E-state index in [0.717, 1.165) is 16.7 Å². The van der Waals surface area contributed by atoms with Gasteiger partial charge in [0.25, 0.3) is 0 Å². The summed E-state index contributed by atoms with van der Waals surface area (Å²) in [5.74, 6) is 6.80. The number of hydrogen-bond donors (Lipinski definition) is 3. The average molecular weight is 285 g/mol. The molecular weight excluding hydrogens is 262 g/mol. The van der Waals surface area contributed by atoms with E-state index in [4.69, 9.17) is 5.84 Å². The Morgan fingerprint density at radius 3 is 2.57 bits per heavy atom. The number of nitrogens with two attached hydrogens (primary N) is 1. The van der Waals surface area contributed by atoms with E-state index in [2.05, 4.69) is 34.6 Å². The highest BCUT2D eigenvalue weighted by Crippen LogP contribution is 2.36. The average Bonchev–Trinajstić information content (AvgIpc) is 2.49. The fraction of sp³-hybridized carbons (Fsp3) is 0.500. The van der Waals surface area contributed by atoms with E-state index >= 15 is 0 Å². The van der Waals surface area contributed by atoms with Gasteiger partial charge in [-0.3, -0.25) is 5.43 Å². The molecule has 21 heavy (non-hydrogen) atoms. The molecule has 0 aliphatic heterocycles. The molecule has 112 valence electrons. The second-order valence-electron chi connectivity index (χ2n) is 6.64. The van der Waals surface area contributed by atoms with E-state index in [1.54, 1.807) is 0 Å². The van der Waals surface area contributed by atoms with E-state index in [0.29, 0.717) is 17.4 Å². The normalized spacial score (nSPS) is 18.6. The molecule has 3 rings (SSSR count). The number of hydrazine groups is 1. The molecule has 0 bridgehead atoms. The van der Waals surface area contributed by atoms with Gasteiger partial charge in [0.1, 0.15) is 5.82 Å². The summed E-state index contributed by atoms with van der Waals surface area (Å²) >= 11 is 0. The quantitative estimate of drug-likeness (QED) is 0.596. The Kier molecular flexibility index (Phi) is 3.68. The molecule has 1 aromatic heterocycles. The standard InChI is InChI=1S/C16H23N5/c1-16(2)9-7-11(8-10-16)18-14-12-5-3-4-6-13(12)19-15(20-14)21-17/h3-6,11H,7-10,17H2,1-2H3,(H2,18,19,20,21). The van der Waals surface area contributed by atoms with Crippen molar-refractivity contribution >= 4 is 22.7 Å². The predicted octanol–water partition coefficient (Wildman–Crippen LogP) is 3.30. The summed E-state index contributed by atoms with van der Waals surface area (Å²) in [4.78, 5) is 8.87. The molecule has 5 nitrogen and oxygen atoms in total. The number of anilines is 2. The lowest BCUT2D eigenvalue weighted by Gasteiger charge is -2.35. The SMILES string of the molecule is CC1(C)CCC(Nc2nc(NN)nc3ccccc23)CC1. The number of rotatable bonds is 3. The number of nitrogens with one attached hydrogen (secondary N) is 2. The van der Waals surface area contributed by atoms with Crippen LogP contribution in [0.5, 0.6) is 0 Å². The third-order valence-electron chi connectivity index (χ3n) is 4.41. The van der Waals surface area contributed by atoms with Gasteiger partial charge in [-0.25, -0.2) is 10.8 Å². The fourth-order valence-electron chi connectivity index (χ4n) is 2.99. The molecule has 1 fully saturated rings. The van der Waals surface area contributed by atoms with Crippen LogP contribution in [-0.2, 0) is 0 Å². The monoisotopic (exact) mass is 285 g/mol. The minimum Gasteiger partial charge on any atom is -0.367 e. The van der Waals surface area contributed by atoms with Crippen LogP contribution >= 0.6 is 0 Å². The molecule has 1 aliphatic carbocycles. The van der Waals surface area contributed by atoms with Crippen molar-refractivity contribution in [1.29, 1.82) is 0 Å². The van der Waals surface area contributed by atoms with Crippen molar-refractivity contribution in [3.05, 3.63) is 24.3 Å². The smallest absolute Gasteiger partial charge is 0.239 e. The zero-order chi connectivity index (χ0) is 14.9. The van der Waals surface area contributed by atoms with Crippen LogP contribution in [0.15, 0.2) is 24.3 Å². The van der Waals surface area contributed by atoms with Crippen LogP contribution < -0.4 is 16.6 Å². The highest BCUT2D eigenvalue weighted by molar-refractivity contribution is 5.90. The van der Waals surface area contributed by atoms with Gasteiger partial charge in [0, 0.05) is 11.4 Å². The Morgan fingerprint density at radius 2 is 1.86 bits per heavy atom. The summed E-state index contributed by atoms with van der Waals surface area (Å²) in [6.07, 6.45) is 4.85. The number of fused-ring (bicyclic) bond motifs is 1. The van der Waals surface area contributed by atoms with Crippen molar-refractivity contribution in [3.63, 3.8) is 0 Å². The molecule has 1 aromatic carbocycles. The lowest BCUT2D eigenvalue weighted by atomic mass is 9.75. The highest BCUT2D eigenvalue weighted by Gasteiger charge is 2.27. The summed E-state index contributed by atoms with van der Waals surface area (Å²) < 4.78 is 0. The van der Waals surface area contributed by atoms with E-state index in [9.17, 15) is 0 Å². The van der Waals surface area contributed by atoms with Gasteiger partial charge < -0.3 is 5.32 Å². The molecule has 1 heterocycles. The minimum absolute atomic E-state index is 0.451. The molecule has 0 amide bonds. The van der Waals surface area contributed by atoms with Crippen LogP contribution in [0.2, 0.25) is 0 Å². The highest BCUT2D eigenvalue weighted by atomic mass is 15.3. The van der Waals surface area contributed by atoms with Gasteiger partial charge in [0.15, 0.2) is 0 Å². The van der Waals surface area contributed by atoms with Gasteiger partial charge in [-0.05, 0) is 43.2 Å². The summed E-state index contributed by atoms with van der Waals surface area (Å²) in [5, 5.41) is 4.63. The molecule has 4 N–H and O–H groups in total. The van der Waals surface area contributed by atoms with Gasteiger partial charge in [-0.1, -0.05) is 26.0 Å². The van der Waals surface area contributed by atoms with Gasteiger partial charge in [-0.2, -0.15) is 4.98 Å². The van der Waals surface area contributed by atoms with Gasteiger partial charge in [0.05, 0.1) is 5.52 Å².